The Morgan fingerprint density at radius 1 is 1.71 bits per heavy atom. The predicted octanol–water partition coefficient (Wildman–Crippen LogP) is 1.96. The normalized spacial score (nSPS) is 18.1. The van der Waals surface area contributed by atoms with E-state index in [-0.39, 0.29) is 17.4 Å². The molecule has 0 bridgehead atoms. The summed E-state index contributed by atoms with van der Waals surface area (Å²) in [6.07, 6.45) is 7.90. The predicted molar refractivity (Wildman–Crippen MR) is 27.7 cm³/mol. The Balaban J connectivity index is 2.45. The van der Waals surface area contributed by atoms with Crippen LogP contribution in [0.4, 0.5) is 0 Å². The topological polar surface area (TPSA) is 0 Å². The van der Waals surface area contributed by atoms with Gasteiger partial charge in [-0.25, -0.2) is 0 Å². The van der Waals surface area contributed by atoms with E-state index in [1.165, 1.54) is 6.42 Å². The zero-order valence-electron chi connectivity index (χ0n) is 4.29. The van der Waals surface area contributed by atoms with Gasteiger partial charge in [0.2, 0.25) is 0 Å². The van der Waals surface area contributed by atoms with Crippen molar-refractivity contribution in [2.45, 2.75) is 11.9 Å². The molecule has 0 saturated heterocycles. The molecule has 1 aliphatic rings. The van der Waals surface area contributed by atoms with Crippen molar-refractivity contribution in [3.63, 3.8) is 0 Å². The van der Waals surface area contributed by atoms with E-state index in [1.54, 1.807) is 4.13 Å². The van der Waals surface area contributed by atoms with Gasteiger partial charge in [-0.1, -0.05) is 0 Å². The minimum atomic E-state index is 0.189. The molecule has 0 amide bonds. The Labute approximate surface area is 52.1 Å². The number of allylic oxidation sites excluding steroid dienone is 4. The Kier molecular flexibility index (Phi) is 1.83. The Morgan fingerprint density at radius 2 is 2.57 bits per heavy atom. The van der Waals surface area contributed by atoms with E-state index in [0.29, 0.717) is 0 Å². The van der Waals surface area contributed by atoms with E-state index in [4.69, 9.17) is 0 Å². The van der Waals surface area contributed by atoms with E-state index in [9.17, 15) is 0 Å². The number of hydrogen-bond donors (Lipinski definition) is 0. The second-order valence-electron chi connectivity index (χ2n) is 1.41. The molecule has 0 spiro atoms. The molecule has 0 aromatic carbocycles. The first-order chi connectivity index (χ1) is 3.43. The van der Waals surface area contributed by atoms with Crippen LogP contribution in [0, 0.1) is 0 Å². The van der Waals surface area contributed by atoms with Gasteiger partial charge < -0.3 is 0 Å². The van der Waals surface area contributed by atoms with E-state index in [2.05, 4.69) is 23.7 Å². The first-order valence-corrected chi connectivity index (χ1v) is 6.06. The summed E-state index contributed by atoms with van der Waals surface area (Å²) in [5, 5.41) is 0. The average Bonchev–Trinajstić information content (AvgIpc) is 2.14. The molecule has 0 aromatic rings. The molecule has 0 nitrogen and oxygen atoms in total. The van der Waals surface area contributed by atoms with Crippen LogP contribution in [0.15, 0.2) is 22.4 Å². The SMILES string of the molecule is [CH3][Os][C]1=CC=CC1. The summed E-state index contributed by atoms with van der Waals surface area (Å²) in [6.45, 7) is 0. The molecule has 0 unspecified atom stereocenters. The van der Waals surface area contributed by atoms with Crippen LogP contribution >= 0.6 is 0 Å². The van der Waals surface area contributed by atoms with E-state index in [1.807, 2.05) is 0 Å². The quantitative estimate of drug-likeness (QED) is 0.683. The minimum absolute atomic E-state index is 0.189. The molecule has 0 aromatic heterocycles. The third-order valence-corrected chi connectivity index (χ3v) is 3.52. The molecule has 0 atom stereocenters. The van der Waals surface area contributed by atoms with E-state index in [0.717, 1.165) is 0 Å². The van der Waals surface area contributed by atoms with Crippen LogP contribution in [0.1, 0.15) is 6.42 Å². The van der Waals surface area contributed by atoms with Gasteiger partial charge in [-0.15, -0.1) is 0 Å². The molecule has 1 rings (SSSR count). The molecular formula is C6H8Os. The van der Waals surface area contributed by atoms with Crippen molar-refractivity contribution in [3.8, 4) is 0 Å². The summed E-state index contributed by atoms with van der Waals surface area (Å²) in [5.74, 6) is 0. The van der Waals surface area contributed by atoms with Crippen LogP contribution in [0.5, 0.6) is 0 Å². The molecule has 40 valence electrons. The summed E-state index contributed by atoms with van der Waals surface area (Å²) in [4.78, 5) is 0. The fourth-order valence-electron chi connectivity index (χ4n) is 0.547. The fourth-order valence-corrected chi connectivity index (χ4v) is 2.03. The summed E-state index contributed by atoms with van der Waals surface area (Å²) in [6, 6.07) is 0. The summed E-state index contributed by atoms with van der Waals surface area (Å²) in [5.41, 5.74) is 2.33. The third kappa shape index (κ3) is 1.25. The van der Waals surface area contributed by atoms with Gasteiger partial charge in [0.05, 0.1) is 0 Å². The molecule has 1 heteroatoms. The fraction of sp³-hybridized carbons (Fsp3) is 0.333. The van der Waals surface area contributed by atoms with Gasteiger partial charge in [-0.2, -0.15) is 0 Å². The molecular weight excluding hydrogens is 262 g/mol. The Hall–Kier alpha value is 0.116. The second-order valence-corrected chi connectivity index (χ2v) is 4.31. The van der Waals surface area contributed by atoms with Crippen LogP contribution in [0.3, 0.4) is 0 Å². The van der Waals surface area contributed by atoms with Gasteiger partial charge >= 0.3 is 51.7 Å². The van der Waals surface area contributed by atoms with Crippen molar-refractivity contribution in [1.29, 1.82) is 0 Å². The van der Waals surface area contributed by atoms with Gasteiger partial charge in [0.1, 0.15) is 0 Å². The third-order valence-electron chi connectivity index (χ3n) is 0.944. The molecule has 0 radical (unpaired) electrons. The number of rotatable bonds is 1. The summed E-state index contributed by atoms with van der Waals surface area (Å²) < 4.78 is 1.69. The maximum absolute atomic E-state index is 2.33. The van der Waals surface area contributed by atoms with Gasteiger partial charge in [0, 0.05) is 0 Å². The zero-order valence-corrected chi connectivity index (χ0v) is 6.83. The molecule has 0 N–H and O–H groups in total. The maximum atomic E-state index is 2.33. The van der Waals surface area contributed by atoms with Crippen molar-refractivity contribution in [3.05, 3.63) is 22.4 Å². The summed E-state index contributed by atoms with van der Waals surface area (Å²) >= 11 is 0.189. The monoisotopic (exact) mass is 272 g/mol. The van der Waals surface area contributed by atoms with Gasteiger partial charge in [0.15, 0.2) is 0 Å². The Bertz CT molecular complexity index is 111. The Morgan fingerprint density at radius 3 is 2.86 bits per heavy atom. The average molecular weight is 270 g/mol. The first kappa shape index (κ1) is 5.26. The first-order valence-electron chi connectivity index (χ1n) is 2.25. The molecule has 0 fully saturated rings. The molecule has 0 saturated carbocycles. The molecule has 0 heterocycles. The van der Waals surface area contributed by atoms with Crippen molar-refractivity contribution in [2.75, 3.05) is 0 Å². The van der Waals surface area contributed by atoms with Crippen LogP contribution < -0.4 is 0 Å². The van der Waals surface area contributed by atoms with Crippen LogP contribution in [-0.2, 0) is 17.4 Å². The van der Waals surface area contributed by atoms with Gasteiger partial charge in [-0.05, 0) is 0 Å². The molecule has 1 aliphatic carbocycles. The standard InChI is InChI=1S/C5H5.CH3.Os/c1-2-4-5-3-1;;/h1-3H,4H2;1H3;. The molecule has 7 heavy (non-hydrogen) atoms. The van der Waals surface area contributed by atoms with Crippen LogP contribution in [0.2, 0.25) is 5.48 Å². The number of hydrogen-bond acceptors (Lipinski definition) is 0. The van der Waals surface area contributed by atoms with Crippen molar-refractivity contribution in [2.24, 2.45) is 0 Å². The van der Waals surface area contributed by atoms with Crippen LogP contribution in [-0.4, -0.2) is 0 Å². The zero-order chi connectivity index (χ0) is 5.11. The van der Waals surface area contributed by atoms with Crippen molar-refractivity contribution < 1.29 is 17.4 Å². The second kappa shape index (κ2) is 2.43. The van der Waals surface area contributed by atoms with Crippen LogP contribution in [0.25, 0.3) is 0 Å². The van der Waals surface area contributed by atoms with Crippen molar-refractivity contribution >= 4 is 0 Å². The van der Waals surface area contributed by atoms with Gasteiger partial charge in [0.25, 0.3) is 0 Å². The van der Waals surface area contributed by atoms with E-state index >= 15 is 0 Å². The summed E-state index contributed by atoms with van der Waals surface area (Å²) in [7, 11) is 0. The molecule has 0 aliphatic heterocycles. The van der Waals surface area contributed by atoms with E-state index < -0.39 is 0 Å². The van der Waals surface area contributed by atoms with Crippen molar-refractivity contribution in [1.82, 2.24) is 0 Å². The van der Waals surface area contributed by atoms with Gasteiger partial charge in [-0.3, -0.25) is 0 Å².